The van der Waals surface area contributed by atoms with E-state index in [1.807, 2.05) is 6.20 Å². The Labute approximate surface area is 276 Å². The van der Waals surface area contributed by atoms with E-state index in [-0.39, 0.29) is 0 Å². The summed E-state index contributed by atoms with van der Waals surface area (Å²) in [5.41, 5.74) is 14.3. The highest BCUT2D eigenvalue weighted by Gasteiger charge is 2.26. The molecule has 11 rings (SSSR count). The molecule has 0 saturated carbocycles. The van der Waals surface area contributed by atoms with Crippen molar-refractivity contribution in [3.8, 4) is 44.9 Å². The average Bonchev–Trinajstić information content (AvgIpc) is 3.79. The van der Waals surface area contributed by atoms with E-state index in [1.54, 1.807) is 0 Å². The van der Waals surface area contributed by atoms with Crippen LogP contribution in [0.2, 0.25) is 0 Å². The van der Waals surface area contributed by atoms with Crippen LogP contribution in [0.1, 0.15) is 0 Å². The van der Waals surface area contributed by atoms with Gasteiger partial charge in [-0.15, -0.1) is 0 Å². The second kappa shape index (κ2) is 9.54. The average molecular weight is 610 g/mol. The summed E-state index contributed by atoms with van der Waals surface area (Å²) in [4.78, 5) is 5.15. The van der Waals surface area contributed by atoms with Crippen molar-refractivity contribution in [2.45, 2.75) is 0 Å². The minimum absolute atomic E-state index is 1.03. The molecule has 0 amide bonds. The Balaban J connectivity index is 1.22. The van der Waals surface area contributed by atoms with Crippen molar-refractivity contribution in [3.63, 3.8) is 0 Å². The number of hydrogen-bond acceptors (Lipinski definition) is 1. The van der Waals surface area contributed by atoms with Crippen molar-refractivity contribution >= 4 is 54.4 Å². The Kier molecular flexibility index (Phi) is 5.11. The van der Waals surface area contributed by atoms with Crippen LogP contribution in [-0.2, 0) is 0 Å². The Morgan fingerprint density at radius 2 is 1.00 bits per heavy atom. The first-order valence-electron chi connectivity index (χ1n) is 16.5. The molecule has 222 valence electrons. The van der Waals surface area contributed by atoms with Gasteiger partial charge in [0.2, 0.25) is 0 Å². The van der Waals surface area contributed by atoms with E-state index >= 15 is 0 Å². The summed E-state index contributed by atoms with van der Waals surface area (Å²) in [6.07, 6.45) is 2.04. The van der Waals surface area contributed by atoms with E-state index in [2.05, 4.69) is 167 Å². The van der Waals surface area contributed by atoms with Crippen LogP contribution in [0.5, 0.6) is 0 Å². The van der Waals surface area contributed by atoms with Crippen LogP contribution >= 0.6 is 0 Å². The van der Waals surface area contributed by atoms with Crippen LogP contribution in [0.4, 0.5) is 0 Å². The molecule has 0 aliphatic heterocycles. The van der Waals surface area contributed by atoms with Crippen molar-refractivity contribution in [2.75, 3.05) is 0 Å². The number of nitrogens with zero attached hydrogens (tertiary/aromatic N) is 3. The van der Waals surface area contributed by atoms with E-state index in [4.69, 9.17) is 4.98 Å². The minimum atomic E-state index is 1.03. The lowest BCUT2D eigenvalue weighted by Crippen LogP contribution is -1.95. The van der Waals surface area contributed by atoms with Crippen LogP contribution in [0.3, 0.4) is 0 Å². The molecule has 0 N–H and O–H groups in total. The molecule has 3 heterocycles. The largest absolute Gasteiger partial charge is 0.309 e. The zero-order chi connectivity index (χ0) is 31.3. The molecule has 0 spiro atoms. The number of para-hydroxylation sites is 3. The third-order valence-corrected chi connectivity index (χ3v) is 10.3. The van der Waals surface area contributed by atoms with E-state index in [0.717, 1.165) is 22.6 Å². The lowest BCUT2D eigenvalue weighted by Gasteiger charge is -2.11. The highest BCUT2D eigenvalue weighted by Crippen LogP contribution is 2.50. The molecule has 0 bridgehead atoms. The molecule has 0 atom stereocenters. The molecule has 3 nitrogen and oxygen atoms in total. The van der Waals surface area contributed by atoms with Gasteiger partial charge in [0.1, 0.15) is 0 Å². The lowest BCUT2D eigenvalue weighted by atomic mass is 9.97. The molecule has 3 aromatic heterocycles. The van der Waals surface area contributed by atoms with E-state index in [9.17, 15) is 0 Å². The molecule has 0 fully saturated rings. The fourth-order valence-electron chi connectivity index (χ4n) is 8.27. The summed E-state index contributed by atoms with van der Waals surface area (Å²) in [6.45, 7) is 0. The first-order valence-corrected chi connectivity index (χ1v) is 16.5. The van der Waals surface area contributed by atoms with Crippen LogP contribution in [-0.4, -0.2) is 14.1 Å². The van der Waals surface area contributed by atoms with E-state index < -0.39 is 0 Å². The Hall–Kier alpha value is -6.45. The Bertz CT molecular complexity index is 2890. The number of pyridine rings is 1. The van der Waals surface area contributed by atoms with Crippen LogP contribution in [0.25, 0.3) is 99.3 Å². The van der Waals surface area contributed by atoms with Gasteiger partial charge in [-0.2, -0.15) is 0 Å². The minimum Gasteiger partial charge on any atom is -0.309 e. The van der Waals surface area contributed by atoms with Crippen molar-refractivity contribution in [3.05, 3.63) is 164 Å². The molecule has 3 heteroatoms. The first-order chi connectivity index (χ1) is 23.8. The third kappa shape index (κ3) is 3.40. The van der Waals surface area contributed by atoms with Gasteiger partial charge in [0.15, 0.2) is 0 Å². The maximum absolute atomic E-state index is 5.15. The number of fused-ring (bicyclic) bond motifs is 9. The summed E-state index contributed by atoms with van der Waals surface area (Å²) in [7, 11) is 0. The molecule has 0 radical (unpaired) electrons. The molecule has 10 aromatic rings. The lowest BCUT2D eigenvalue weighted by molar-refractivity contribution is 1.16. The Morgan fingerprint density at radius 3 is 1.79 bits per heavy atom. The van der Waals surface area contributed by atoms with Gasteiger partial charge in [0, 0.05) is 61.0 Å². The molecule has 1 aliphatic carbocycles. The number of benzene rings is 7. The standard InChI is InChI=1S/C45H27N3/c1-2-12-30(13-3-1)47-41-23-21-28(45-44-36-17-5-4-14-32(36)35-18-10-11-29(27-46-45)43(35)44)25-37(41)38-26-31(22-24-42(38)47)48-39-19-8-6-15-33(39)34-16-7-9-20-40(34)48/h1-27H. The number of rotatable bonds is 3. The fourth-order valence-corrected chi connectivity index (χ4v) is 8.27. The predicted molar refractivity (Wildman–Crippen MR) is 200 cm³/mol. The SMILES string of the molecule is c1ccc(-n2c3ccc(-c4ncc5cccc6c5c4-c4ccccc4-6)cc3c3cc(-n4c5ccccc5c5ccccc54)ccc32)cc1. The second-order valence-corrected chi connectivity index (χ2v) is 12.8. The van der Waals surface area contributed by atoms with Gasteiger partial charge in [-0.25, -0.2) is 0 Å². The maximum atomic E-state index is 5.15. The van der Waals surface area contributed by atoms with Crippen molar-refractivity contribution in [1.29, 1.82) is 0 Å². The van der Waals surface area contributed by atoms with Gasteiger partial charge in [-0.3, -0.25) is 4.98 Å². The molecule has 1 aliphatic rings. The van der Waals surface area contributed by atoms with Crippen LogP contribution < -0.4 is 0 Å². The van der Waals surface area contributed by atoms with Gasteiger partial charge in [-0.1, -0.05) is 103 Å². The summed E-state index contributed by atoms with van der Waals surface area (Å²) in [5, 5.41) is 7.43. The zero-order valence-electron chi connectivity index (χ0n) is 25.9. The van der Waals surface area contributed by atoms with Crippen molar-refractivity contribution in [2.24, 2.45) is 0 Å². The van der Waals surface area contributed by atoms with E-state index in [1.165, 1.54) is 76.6 Å². The third-order valence-electron chi connectivity index (χ3n) is 10.3. The van der Waals surface area contributed by atoms with Gasteiger partial charge < -0.3 is 9.13 Å². The molecule has 0 unspecified atom stereocenters. The quantitative estimate of drug-likeness (QED) is 0.195. The van der Waals surface area contributed by atoms with E-state index in [0.29, 0.717) is 0 Å². The predicted octanol–water partition coefficient (Wildman–Crippen LogP) is 11.7. The summed E-state index contributed by atoms with van der Waals surface area (Å²) >= 11 is 0. The van der Waals surface area contributed by atoms with Crippen molar-refractivity contribution in [1.82, 2.24) is 14.1 Å². The monoisotopic (exact) mass is 609 g/mol. The number of hydrogen-bond donors (Lipinski definition) is 0. The molecule has 0 saturated heterocycles. The maximum Gasteiger partial charge on any atom is 0.0787 e. The fraction of sp³-hybridized carbons (Fsp3) is 0. The van der Waals surface area contributed by atoms with Gasteiger partial charge in [-0.05, 0) is 71.3 Å². The first kappa shape index (κ1) is 25.7. The summed E-state index contributed by atoms with van der Waals surface area (Å²) in [6, 6.07) is 57.3. The summed E-state index contributed by atoms with van der Waals surface area (Å²) < 4.78 is 4.80. The van der Waals surface area contributed by atoms with Gasteiger partial charge in [0.25, 0.3) is 0 Å². The topological polar surface area (TPSA) is 22.8 Å². The smallest absolute Gasteiger partial charge is 0.0787 e. The van der Waals surface area contributed by atoms with Crippen LogP contribution in [0, 0.1) is 0 Å². The number of aromatic nitrogens is 3. The second-order valence-electron chi connectivity index (χ2n) is 12.8. The zero-order valence-corrected chi connectivity index (χ0v) is 25.9. The van der Waals surface area contributed by atoms with Crippen LogP contribution in [0.15, 0.2) is 164 Å². The highest BCUT2D eigenvalue weighted by molar-refractivity contribution is 6.19. The molecule has 7 aromatic carbocycles. The normalized spacial score (nSPS) is 12.2. The highest BCUT2D eigenvalue weighted by atomic mass is 15.0. The van der Waals surface area contributed by atoms with Gasteiger partial charge in [0.05, 0.1) is 27.8 Å². The molecule has 48 heavy (non-hydrogen) atoms. The Morgan fingerprint density at radius 1 is 0.396 bits per heavy atom. The van der Waals surface area contributed by atoms with Crippen molar-refractivity contribution < 1.29 is 0 Å². The molecular weight excluding hydrogens is 583 g/mol. The molecular formula is C45H27N3. The summed E-state index contributed by atoms with van der Waals surface area (Å²) in [5.74, 6) is 0. The van der Waals surface area contributed by atoms with Gasteiger partial charge >= 0.3 is 0 Å².